The molecule has 0 heterocycles. The second-order valence-corrected chi connectivity index (χ2v) is 14.7. The number of halogens is 2. The summed E-state index contributed by atoms with van der Waals surface area (Å²) in [7, 11) is -0.260. The monoisotopic (exact) mass is 785 g/mol. The highest BCUT2D eigenvalue weighted by Crippen LogP contribution is 2.37. The molecule has 1 N–H and O–H groups in total. The van der Waals surface area contributed by atoms with E-state index in [0.29, 0.717) is 12.2 Å². The van der Waals surface area contributed by atoms with Gasteiger partial charge in [-0.25, -0.2) is 8.42 Å². The molecule has 0 saturated carbocycles. The third kappa shape index (κ3) is 9.49. The Kier molecular flexibility index (Phi) is 13.6. The third-order valence-corrected chi connectivity index (χ3v) is 10.7. The standard InChI is InChI=1S/C37H41BrClN3O7S/c1-6-25(2)40-37(44)32(20-26-10-8-7-9-11-26)41(23-27-12-14-28(38)15-13-27)36(43)24-42(31-21-29(39)16-18-33(31)47-3)50(45,46)30-17-19-34(48-4)35(22-30)49-5/h7-19,21-22,25,32H,6,20,23-24H2,1-5H3,(H,40,44)/t25-,32+/m1/s1. The van der Waals surface area contributed by atoms with Crippen LogP contribution in [0.25, 0.3) is 0 Å². The molecule has 10 nitrogen and oxygen atoms in total. The van der Waals surface area contributed by atoms with E-state index < -0.39 is 28.5 Å². The fourth-order valence-electron chi connectivity index (χ4n) is 5.26. The van der Waals surface area contributed by atoms with Gasteiger partial charge < -0.3 is 24.4 Å². The van der Waals surface area contributed by atoms with Gasteiger partial charge in [-0.3, -0.25) is 13.9 Å². The molecule has 0 fully saturated rings. The highest BCUT2D eigenvalue weighted by molar-refractivity contribution is 9.10. The van der Waals surface area contributed by atoms with Gasteiger partial charge in [-0.05, 0) is 66.9 Å². The van der Waals surface area contributed by atoms with Crippen LogP contribution in [0.4, 0.5) is 5.69 Å². The average molecular weight is 787 g/mol. The predicted molar refractivity (Wildman–Crippen MR) is 199 cm³/mol. The number of methoxy groups -OCH3 is 3. The number of amides is 2. The molecule has 0 aromatic heterocycles. The van der Waals surface area contributed by atoms with Crippen LogP contribution in [0.2, 0.25) is 5.02 Å². The summed E-state index contributed by atoms with van der Waals surface area (Å²) in [6.07, 6.45) is 0.866. The number of carbonyl (C=O) groups excluding carboxylic acids is 2. The maximum absolute atomic E-state index is 14.8. The second-order valence-electron chi connectivity index (χ2n) is 11.5. The number of sulfonamides is 1. The first kappa shape index (κ1) is 38.5. The fourth-order valence-corrected chi connectivity index (χ4v) is 7.12. The van der Waals surface area contributed by atoms with Crippen molar-refractivity contribution in [3.05, 3.63) is 112 Å². The zero-order chi connectivity index (χ0) is 36.4. The summed E-state index contributed by atoms with van der Waals surface area (Å²) in [6, 6.07) is 24.2. The van der Waals surface area contributed by atoms with Gasteiger partial charge in [0.05, 0.1) is 31.9 Å². The molecule has 4 aromatic rings. The first-order valence-corrected chi connectivity index (χ1v) is 18.5. The number of anilines is 1. The summed E-state index contributed by atoms with van der Waals surface area (Å²) in [5.41, 5.74) is 1.61. The Labute approximate surface area is 307 Å². The second kappa shape index (κ2) is 17.6. The van der Waals surface area contributed by atoms with Crippen LogP contribution in [-0.4, -0.2) is 65.1 Å². The SMILES string of the molecule is CC[C@@H](C)NC(=O)[C@H](Cc1ccccc1)N(Cc1ccc(Br)cc1)C(=O)CN(c1cc(Cl)ccc1OC)S(=O)(=O)c1ccc(OC)c(OC)c1. The molecule has 2 amide bonds. The van der Waals surface area contributed by atoms with E-state index in [1.54, 1.807) is 6.07 Å². The lowest BCUT2D eigenvalue weighted by molar-refractivity contribution is -0.140. The lowest BCUT2D eigenvalue weighted by Gasteiger charge is -2.34. The molecular formula is C37H41BrClN3O7S. The lowest BCUT2D eigenvalue weighted by atomic mass is 10.0. The number of rotatable bonds is 16. The zero-order valence-corrected chi connectivity index (χ0v) is 31.7. The van der Waals surface area contributed by atoms with Crippen LogP contribution in [0, 0.1) is 0 Å². The number of ether oxygens (including phenoxy) is 3. The molecule has 0 radical (unpaired) electrons. The highest BCUT2D eigenvalue weighted by Gasteiger charge is 2.36. The minimum Gasteiger partial charge on any atom is -0.495 e. The van der Waals surface area contributed by atoms with Crippen molar-refractivity contribution in [2.24, 2.45) is 0 Å². The summed E-state index contributed by atoms with van der Waals surface area (Å²) in [6.45, 7) is 3.18. The van der Waals surface area contributed by atoms with E-state index in [2.05, 4.69) is 21.2 Å². The molecule has 0 saturated heterocycles. The first-order chi connectivity index (χ1) is 23.9. The molecule has 0 unspecified atom stereocenters. The molecule has 0 aliphatic heterocycles. The summed E-state index contributed by atoms with van der Waals surface area (Å²) in [5, 5.41) is 3.26. The number of hydrogen-bond acceptors (Lipinski definition) is 7. The van der Waals surface area contributed by atoms with E-state index in [9.17, 15) is 18.0 Å². The Morgan fingerprint density at radius 2 is 1.48 bits per heavy atom. The third-order valence-electron chi connectivity index (χ3n) is 8.17. The van der Waals surface area contributed by atoms with E-state index in [-0.39, 0.29) is 52.0 Å². The van der Waals surface area contributed by atoms with Crippen molar-refractivity contribution >= 4 is 55.1 Å². The Hall–Kier alpha value is -4.26. The molecule has 4 rings (SSSR count). The maximum atomic E-state index is 14.8. The van der Waals surface area contributed by atoms with Gasteiger partial charge in [-0.2, -0.15) is 0 Å². The van der Waals surface area contributed by atoms with Crippen LogP contribution in [0.3, 0.4) is 0 Å². The number of hydrogen-bond donors (Lipinski definition) is 1. The highest BCUT2D eigenvalue weighted by atomic mass is 79.9. The molecule has 50 heavy (non-hydrogen) atoms. The number of benzene rings is 4. The van der Waals surface area contributed by atoms with Gasteiger partial charge in [-0.15, -0.1) is 0 Å². The van der Waals surface area contributed by atoms with Crippen LogP contribution in [0.5, 0.6) is 17.2 Å². The fraction of sp³-hybridized carbons (Fsp3) is 0.297. The zero-order valence-electron chi connectivity index (χ0n) is 28.6. The smallest absolute Gasteiger partial charge is 0.265 e. The van der Waals surface area contributed by atoms with Gasteiger partial charge in [0.1, 0.15) is 18.3 Å². The van der Waals surface area contributed by atoms with Crippen LogP contribution in [-0.2, 0) is 32.6 Å². The molecule has 13 heteroatoms. The Balaban J connectivity index is 1.88. The molecule has 0 bridgehead atoms. The summed E-state index contributed by atoms with van der Waals surface area (Å²) >= 11 is 9.85. The van der Waals surface area contributed by atoms with Crippen LogP contribution < -0.4 is 23.8 Å². The van der Waals surface area contributed by atoms with E-state index in [4.69, 9.17) is 25.8 Å². The molecule has 266 valence electrons. The van der Waals surface area contributed by atoms with Gasteiger partial charge in [0.2, 0.25) is 11.8 Å². The molecular weight excluding hydrogens is 746 g/mol. The van der Waals surface area contributed by atoms with Gasteiger partial charge in [0, 0.05) is 34.6 Å². The number of nitrogens with one attached hydrogen (secondary N) is 1. The van der Waals surface area contributed by atoms with Crippen molar-refractivity contribution in [3.63, 3.8) is 0 Å². The maximum Gasteiger partial charge on any atom is 0.265 e. The first-order valence-electron chi connectivity index (χ1n) is 15.9. The van der Waals surface area contributed by atoms with E-state index >= 15 is 0 Å². The predicted octanol–water partition coefficient (Wildman–Crippen LogP) is 6.88. The van der Waals surface area contributed by atoms with Gasteiger partial charge in [0.25, 0.3) is 10.0 Å². The Morgan fingerprint density at radius 1 is 0.840 bits per heavy atom. The number of nitrogens with zero attached hydrogens (tertiary/aromatic N) is 2. The van der Waals surface area contributed by atoms with E-state index in [0.717, 1.165) is 19.9 Å². The average Bonchev–Trinajstić information content (AvgIpc) is 3.12. The quantitative estimate of drug-likeness (QED) is 0.132. The topological polar surface area (TPSA) is 114 Å². The minimum absolute atomic E-state index is 0.0223. The minimum atomic E-state index is -4.49. The van der Waals surface area contributed by atoms with Crippen molar-refractivity contribution in [1.82, 2.24) is 10.2 Å². The molecule has 4 aromatic carbocycles. The Bertz CT molecular complexity index is 1880. The van der Waals surface area contributed by atoms with Gasteiger partial charge in [-0.1, -0.05) is 76.9 Å². The van der Waals surface area contributed by atoms with E-state index in [1.165, 1.54) is 56.6 Å². The number of carbonyl (C=O) groups is 2. The van der Waals surface area contributed by atoms with Crippen molar-refractivity contribution in [2.75, 3.05) is 32.2 Å². The molecule has 0 aliphatic carbocycles. The van der Waals surface area contributed by atoms with Crippen molar-refractivity contribution in [2.45, 2.75) is 50.2 Å². The lowest BCUT2D eigenvalue weighted by Crippen LogP contribution is -2.54. The largest absolute Gasteiger partial charge is 0.495 e. The summed E-state index contributed by atoms with van der Waals surface area (Å²) in [5.74, 6) is -0.311. The van der Waals surface area contributed by atoms with Crippen LogP contribution in [0.1, 0.15) is 31.4 Å². The molecule has 0 spiro atoms. The van der Waals surface area contributed by atoms with Gasteiger partial charge in [0.15, 0.2) is 11.5 Å². The van der Waals surface area contributed by atoms with Crippen molar-refractivity contribution in [1.29, 1.82) is 0 Å². The Morgan fingerprint density at radius 3 is 2.10 bits per heavy atom. The normalized spacial score (nSPS) is 12.4. The summed E-state index contributed by atoms with van der Waals surface area (Å²) in [4.78, 5) is 30.1. The molecule has 0 aliphatic rings. The van der Waals surface area contributed by atoms with Crippen molar-refractivity contribution in [3.8, 4) is 17.2 Å². The molecule has 2 atom stereocenters. The van der Waals surface area contributed by atoms with Crippen LogP contribution in [0.15, 0.2) is 100 Å². The van der Waals surface area contributed by atoms with Crippen LogP contribution >= 0.6 is 27.5 Å². The van der Waals surface area contributed by atoms with Crippen molar-refractivity contribution < 1.29 is 32.2 Å². The van der Waals surface area contributed by atoms with E-state index in [1.807, 2.05) is 68.4 Å². The summed E-state index contributed by atoms with van der Waals surface area (Å²) < 4.78 is 47.2. The van der Waals surface area contributed by atoms with Gasteiger partial charge >= 0.3 is 0 Å².